The summed E-state index contributed by atoms with van der Waals surface area (Å²) in [6.45, 7) is 2.67. The zero-order valence-electron chi connectivity index (χ0n) is 11.0. The summed E-state index contributed by atoms with van der Waals surface area (Å²) >= 11 is 0. The fraction of sp³-hybridized carbons (Fsp3) is 0.846. The van der Waals surface area contributed by atoms with Gasteiger partial charge in [0.1, 0.15) is 6.04 Å². The van der Waals surface area contributed by atoms with Gasteiger partial charge in [0.15, 0.2) is 0 Å². The summed E-state index contributed by atoms with van der Waals surface area (Å²) < 4.78 is 0. The van der Waals surface area contributed by atoms with Gasteiger partial charge >= 0.3 is 0 Å². The zero-order valence-corrected chi connectivity index (χ0v) is 11.0. The van der Waals surface area contributed by atoms with Crippen LogP contribution in [0.5, 0.6) is 0 Å². The molecule has 2 amide bonds. The maximum absolute atomic E-state index is 12.2. The summed E-state index contributed by atoms with van der Waals surface area (Å²) in [5.41, 5.74) is 5.86. The van der Waals surface area contributed by atoms with E-state index in [4.69, 9.17) is 5.73 Å². The molecule has 2 aliphatic rings. The monoisotopic (exact) mass is 253 g/mol. The van der Waals surface area contributed by atoms with E-state index in [-0.39, 0.29) is 17.9 Å². The highest BCUT2D eigenvalue weighted by Crippen LogP contribution is 2.23. The highest BCUT2D eigenvalue weighted by molar-refractivity contribution is 5.90. The molecule has 2 unspecified atom stereocenters. The smallest absolute Gasteiger partial charge is 0.243 e. The summed E-state index contributed by atoms with van der Waals surface area (Å²) in [4.78, 5) is 25.9. The molecule has 1 heterocycles. The predicted octanol–water partition coefficient (Wildman–Crippen LogP) is 0.383. The van der Waals surface area contributed by atoms with E-state index < -0.39 is 6.04 Å². The van der Waals surface area contributed by atoms with Crippen LogP contribution in [0.25, 0.3) is 0 Å². The first-order valence-electron chi connectivity index (χ1n) is 7.00. The van der Waals surface area contributed by atoms with Gasteiger partial charge in [-0.05, 0) is 32.1 Å². The van der Waals surface area contributed by atoms with Crippen LogP contribution < -0.4 is 11.1 Å². The Morgan fingerprint density at radius 3 is 2.72 bits per heavy atom. The topological polar surface area (TPSA) is 75.4 Å². The van der Waals surface area contributed by atoms with Gasteiger partial charge in [-0.3, -0.25) is 9.59 Å². The van der Waals surface area contributed by atoms with Crippen molar-refractivity contribution in [1.82, 2.24) is 10.2 Å². The second-order valence-corrected chi connectivity index (χ2v) is 5.37. The van der Waals surface area contributed by atoms with Crippen LogP contribution in [0.3, 0.4) is 0 Å². The van der Waals surface area contributed by atoms with E-state index in [0.717, 1.165) is 32.1 Å². The molecule has 0 radical (unpaired) electrons. The van der Waals surface area contributed by atoms with Crippen LogP contribution in [0.1, 0.15) is 45.4 Å². The van der Waals surface area contributed by atoms with Crippen molar-refractivity contribution in [3.8, 4) is 0 Å². The van der Waals surface area contributed by atoms with Crippen molar-refractivity contribution in [3.63, 3.8) is 0 Å². The summed E-state index contributed by atoms with van der Waals surface area (Å²) in [7, 11) is 0. The number of nitrogens with one attached hydrogen (secondary N) is 1. The Balaban J connectivity index is 1.93. The van der Waals surface area contributed by atoms with Crippen LogP contribution in [0.2, 0.25) is 0 Å². The second-order valence-electron chi connectivity index (χ2n) is 5.37. The molecule has 3 N–H and O–H groups in total. The summed E-state index contributed by atoms with van der Waals surface area (Å²) in [6, 6.07) is -0.398. The maximum Gasteiger partial charge on any atom is 0.243 e. The standard InChI is InChI=1S/C13H23N3O2/c1-2-4-10(14)13(18)16-8-3-5-11(16)12(17)15-9-6-7-9/h9-11H,2-8,14H2,1H3,(H,15,17). The Morgan fingerprint density at radius 1 is 1.39 bits per heavy atom. The minimum absolute atomic E-state index is 0.00653. The zero-order chi connectivity index (χ0) is 13.1. The largest absolute Gasteiger partial charge is 0.352 e. The molecule has 5 nitrogen and oxygen atoms in total. The number of nitrogens with two attached hydrogens (primary N) is 1. The minimum atomic E-state index is -0.454. The number of carbonyl (C=O) groups is 2. The van der Waals surface area contributed by atoms with E-state index >= 15 is 0 Å². The summed E-state index contributed by atoms with van der Waals surface area (Å²) in [5, 5.41) is 2.98. The molecule has 1 saturated heterocycles. The summed E-state index contributed by atoms with van der Waals surface area (Å²) in [6.07, 6.45) is 5.38. The van der Waals surface area contributed by atoms with Crippen molar-refractivity contribution in [2.24, 2.45) is 5.73 Å². The molecule has 0 spiro atoms. The van der Waals surface area contributed by atoms with Crippen molar-refractivity contribution < 1.29 is 9.59 Å². The third kappa shape index (κ3) is 3.02. The van der Waals surface area contributed by atoms with Crippen molar-refractivity contribution in [2.75, 3.05) is 6.54 Å². The lowest BCUT2D eigenvalue weighted by molar-refractivity contribution is -0.139. The van der Waals surface area contributed by atoms with Crippen LogP contribution in [-0.2, 0) is 9.59 Å². The highest BCUT2D eigenvalue weighted by atomic mass is 16.2. The van der Waals surface area contributed by atoms with Crippen LogP contribution in [-0.4, -0.2) is 41.4 Å². The van der Waals surface area contributed by atoms with Crippen molar-refractivity contribution >= 4 is 11.8 Å². The van der Waals surface area contributed by atoms with E-state index in [2.05, 4.69) is 5.32 Å². The van der Waals surface area contributed by atoms with Crippen molar-refractivity contribution in [1.29, 1.82) is 0 Å². The molecule has 2 rings (SSSR count). The normalized spacial score (nSPS) is 25.0. The average molecular weight is 253 g/mol. The van der Waals surface area contributed by atoms with Gasteiger partial charge in [0, 0.05) is 12.6 Å². The molecular weight excluding hydrogens is 230 g/mol. The van der Waals surface area contributed by atoms with Crippen LogP contribution in [0.15, 0.2) is 0 Å². The third-order valence-corrected chi connectivity index (χ3v) is 3.68. The fourth-order valence-electron chi connectivity index (χ4n) is 2.48. The number of hydrogen-bond donors (Lipinski definition) is 2. The maximum atomic E-state index is 12.2. The lowest BCUT2D eigenvalue weighted by atomic mass is 10.1. The molecule has 0 aromatic rings. The van der Waals surface area contributed by atoms with Gasteiger partial charge in [0.05, 0.1) is 6.04 Å². The number of nitrogens with zero attached hydrogens (tertiary/aromatic N) is 1. The van der Waals surface area contributed by atoms with E-state index in [9.17, 15) is 9.59 Å². The van der Waals surface area contributed by atoms with Gasteiger partial charge in [-0.1, -0.05) is 13.3 Å². The number of rotatable bonds is 5. The molecule has 0 aromatic carbocycles. The Bertz CT molecular complexity index is 328. The molecule has 102 valence electrons. The van der Waals surface area contributed by atoms with E-state index in [0.29, 0.717) is 19.0 Å². The third-order valence-electron chi connectivity index (χ3n) is 3.68. The average Bonchev–Trinajstić information content (AvgIpc) is 3.02. The molecule has 0 aromatic heterocycles. The number of amides is 2. The molecule has 2 atom stereocenters. The van der Waals surface area contributed by atoms with Gasteiger partial charge < -0.3 is 16.0 Å². The SMILES string of the molecule is CCCC(N)C(=O)N1CCCC1C(=O)NC1CC1. The second kappa shape index (κ2) is 5.69. The molecule has 18 heavy (non-hydrogen) atoms. The van der Waals surface area contributed by atoms with Crippen LogP contribution in [0.4, 0.5) is 0 Å². The molecule has 1 aliphatic carbocycles. The quantitative estimate of drug-likeness (QED) is 0.744. The van der Waals surface area contributed by atoms with Gasteiger partial charge in [0.25, 0.3) is 0 Å². The number of hydrogen-bond acceptors (Lipinski definition) is 3. The van der Waals surface area contributed by atoms with E-state index in [1.165, 1.54) is 0 Å². The first kappa shape index (κ1) is 13.3. The Morgan fingerprint density at radius 2 is 2.11 bits per heavy atom. The van der Waals surface area contributed by atoms with E-state index in [1.54, 1.807) is 4.90 Å². The van der Waals surface area contributed by atoms with Gasteiger partial charge in [0.2, 0.25) is 11.8 Å². The van der Waals surface area contributed by atoms with Crippen LogP contribution >= 0.6 is 0 Å². The molecular formula is C13H23N3O2. The van der Waals surface area contributed by atoms with E-state index in [1.807, 2.05) is 6.92 Å². The molecule has 5 heteroatoms. The summed E-state index contributed by atoms with van der Waals surface area (Å²) in [5.74, 6) is -0.0580. The van der Waals surface area contributed by atoms with Gasteiger partial charge in [-0.2, -0.15) is 0 Å². The number of carbonyl (C=O) groups excluding carboxylic acids is 2. The molecule has 1 saturated carbocycles. The highest BCUT2D eigenvalue weighted by Gasteiger charge is 2.37. The molecule has 1 aliphatic heterocycles. The molecule has 0 bridgehead atoms. The predicted molar refractivity (Wildman–Crippen MR) is 68.8 cm³/mol. The Labute approximate surface area is 108 Å². The van der Waals surface area contributed by atoms with Crippen LogP contribution in [0, 0.1) is 0 Å². The minimum Gasteiger partial charge on any atom is -0.352 e. The molecule has 2 fully saturated rings. The Kier molecular flexibility index (Phi) is 4.22. The Hall–Kier alpha value is -1.10. The lowest BCUT2D eigenvalue weighted by Gasteiger charge is -2.26. The van der Waals surface area contributed by atoms with Crippen molar-refractivity contribution in [3.05, 3.63) is 0 Å². The lowest BCUT2D eigenvalue weighted by Crippen LogP contribution is -2.51. The van der Waals surface area contributed by atoms with Gasteiger partial charge in [-0.25, -0.2) is 0 Å². The fourth-order valence-corrected chi connectivity index (χ4v) is 2.48. The van der Waals surface area contributed by atoms with Crippen molar-refractivity contribution in [2.45, 2.75) is 63.6 Å². The number of likely N-dealkylation sites (tertiary alicyclic amines) is 1. The van der Waals surface area contributed by atoms with Gasteiger partial charge in [-0.15, -0.1) is 0 Å². The first-order valence-corrected chi connectivity index (χ1v) is 7.00. The first-order chi connectivity index (χ1) is 8.63.